The minimum Gasteiger partial charge on any atom is -0.487 e. The molecule has 12 heteroatoms. The number of aliphatic carboxylic acids is 1. The van der Waals surface area contributed by atoms with E-state index in [9.17, 15) is 19.5 Å². The van der Waals surface area contributed by atoms with Gasteiger partial charge in [-0.2, -0.15) is 0 Å². The van der Waals surface area contributed by atoms with Crippen LogP contribution >= 0.6 is 0 Å². The van der Waals surface area contributed by atoms with Gasteiger partial charge in [-0.1, -0.05) is 18.2 Å². The third-order valence-corrected chi connectivity index (χ3v) is 6.14. The average molecular weight is 589 g/mol. The Morgan fingerprint density at radius 1 is 0.667 bits per heavy atom. The van der Waals surface area contributed by atoms with Crippen molar-refractivity contribution < 1.29 is 47.9 Å². The Kier molecular flexibility index (Phi) is 15.2. The van der Waals surface area contributed by atoms with E-state index in [4.69, 9.17) is 28.4 Å². The van der Waals surface area contributed by atoms with Gasteiger partial charge in [-0.05, 0) is 49.6 Å². The van der Waals surface area contributed by atoms with Crippen molar-refractivity contribution in [2.75, 3.05) is 72.6 Å². The van der Waals surface area contributed by atoms with Crippen LogP contribution < -0.4 is 20.1 Å². The number of nitrogens with one attached hydrogen (secondary N) is 2. The van der Waals surface area contributed by atoms with Crippen LogP contribution in [0.2, 0.25) is 0 Å². The molecule has 0 saturated carbocycles. The number of amides is 2. The third-order valence-electron chi connectivity index (χ3n) is 6.14. The van der Waals surface area contributed by atoms with Crippen molar-refractivity contribution in [2.24, 2.45) is 0 Å². The molecule has 2 aromatic rings. The van der Waals surface area contributed by atoms with Crippen molar-refractivity contribution in [3.63, 3.8) is 0 Å². The summed E-state index contributed by atoms with van der Waals surface area (Å²) in [6, 6.07) is 12.4. The standard InChI is InChI=1S/C30H40N2O10/c33-28(31-11-5-4-8-25(30(35)36)32-29(34)23-6-2-1-3-7-23)24-9-10-26-27(22-24)42-21-19-40-17-15-38-13-12-37-14-16-39-18-20-41-26/h1-3,6-7,9-10,22,25H,4-5,8,11-21H2,(H,31,33)(H,32,34)(H,35,36)/t25-/m0/s1. The van der Waals surface area contributed by atoms with Crippen LogP contribution in [0.5, 0.6) is 11.5 Å². The molecule has 230 valence electrons. The Bertz CT molecular complexity index is 1100. The molecule has 1 aliphatic heterocycles. The van der Waals surface area contributed by atoms with Crippen molar-refractivity contribution in [2.45, 2.75) is 25.3 Å². The average Bonchev–Trinajstić information content (AvgIpc) is 3.00. The Morgan fingerprint density at radius 2 is 1.24 bits per heavy atom. The fourth-order valence-corrected chi connectivity index (χ4v) is 3.93. The van der Waals surface area contributed by atoms with E-state index in [1.807, 2.05) is 0 Å². The first-order chi connectivity index (χ1) is 20.5. The smallest absolute Gasteiger partial charge is 0.326 e. The Morgan fingerprint density at radius 3 is 1.83 bits per heavy atom. The van der Waals surface area contributed by atoms with Crippen LogP contribution in [0.25, 0.3) is 0 Å². The van der Waals surface area contributed by atoms with Gasteiger partial charge in [-0.15, -0.1) is 0 Å². The topological polar surface area (TPSA) is 151 Å². The summed E-state index contributed by atoms with van der Waals surface area (Å²) in [7, 11) is 0. The molecule has 0 bridgehead atoms. The fraction of sp³-hybridized carbons (Fsp3) is 0.500. The zero-order chi connectivity index (χ0) is 29.8. The van der Waals surface area contributed by atoms with Crippen LogP contribution in [-0.4, -0.2) is 102 Å². The molecule has 0 unspecified atom stereocenters. The first kappa shape index (κ1) is 32.8. The fourth-order valence-electron chi connectivity index (χ4n) is 3.93. The molecule has 0 fully saturated rings. The van der Waals surface area contributed by atoms with Gasteiger partial charge in [0, 0.05) is 17.7 Å². The van der Waals surface area contributed by atoms with Crippen molar-refractivity contribution in [1.29, 1.82) is 0 Å². The van der Waals surface area contributed by atoms with E-state index < -0.39 is 17.9 Å². The zero-order valence-electron chi connectivity index (χ0n) is 23.7. The molecule has 1 heterocycles. The third kappa shape index (κ3) is 12.4. The molecular weight excluding hydrogens is 548 g/mol. The Hall–Kier alpha value is -3.71. The highest BCUT2D eigenvalue weighted by atomic mass is 16.6. The summed E-state index contributed by atoms with van der Waals surface area (Å²) >= 11 is 0. The summed E-state index contributed by atoms with van der Waals surface area (Å²) < 4.78 is 33.6. The summed E-state index contributed by atoms with van der Waals surface area (Å²) in [5, 5.41) is 14.9. The van der Waals surface area contributed by atoms with Gasteiger partial charge >= 0.3 is 5.97 Å². The lowest BCUT2D eigenvalue weighted by atomic mass is 10.1. The number of carboxylic acids is 1. The summed E-state index contributed by atoms with van der Waals surface area (Å²) in [6.45, 7) is 4.33. The van der Waals surface area contributed by atoms with Gasteiger partial charge in [0.25, 0.3) is 11.8 Å². The molecule has 2 amide bonds. The molecule has 42 heavy (non-hydrogen) atoms. The summed E-state index contributed by atoms with van der Waals surface area (Å²) in [5.74, 6) is -0.959. The van der Waals surface area contributed by atoms with E-state index in [2.05, 4.69) is 10.6 Å². The maximum atomic E-state index is 12.8. The SMILES string of the molecule is O=C(NCCCC[C@H](NC(=O)c1ccccc1)C(=O)O)c1ccc2c(c1)OCCOCCOCCOCCOCCO2. The summed E-state index contributed by atoms with van der Waals surface area (Å²) in [4.78, 5) is 36.7. The first-order valence-corrected chi connectivity index (χ1v) is 14.1. The number of carbonyl (C=O) groups is 3. The van der Waals surface area contributed by atoms with Crippen molar-refractivity contribution >= 4 is 17.8 Å². The van der Waals surface area contributed by atoms with Crippen LogP contribution in [0.4, 0.5) is 0 Å². The largest absolute Gasteiger partial charge is 0.487 e. The highest BCUT2D eigenvalue weighted by Gasteiger charge is 2.20. The van der Waals surface area contributed by atoms with Gasteiger partial charge in [-0.3, -0.25) is 9.59 Å². The summed E-state index contributed by atoms with van der Waals surface area (Å²) in [6.07, 6.45) is 1.26. The molecule has 2 aromatic carbocycles. The number of hydrogen-bond donors (Lipinski definition) is 3. The first-order valence-electron chi connectivity index (χ1n) is 14.1. The van der Waals surface area contributed by atoms with Gasteiger partial charge < -0.3 is 44.2 Å². The van der Waals surface area contributed by atoms with E-state index in [1.54, 1.807) is 48.5 Å². The molecule has 0 aromatic heterocycles. The summed E-state index contributed by atoms with van der Waals surface area (Å²) in [5.41, 5.74) is 0.785. The minimum absolute atomic E-state index is 0.235. The molecular formula is C30H40N2O10. The predicted molar refractivity (Wildman–Crippen MR) is 152 cm³/mol. The Labute approximate surface area is 245 Å². The van der Waals surface area contributed by atoms with Gasteiger partial charge in [-0.25, -0.2) is 4.79 Å². The van der Waals surface area contributed by atoms with E-state index in [1.165, 1.54) is 0 Å². The van der Waals surface area contributed by atoms with Crippen molar-refractivity contribution in [3.05, 3.63) is 59.7 Å². The molecule has 0 saturated heterocycles. The second kappa shape index (κ2) is 19.4. The second-order valence-corrected chi connectivity index (χ2v) is 9.29. The predicted octanol–water partition coefficient (Wildman–Crippen LogP) is 2.31. The highest BCUT2D eigenvalue weighted by Crippen LogP contribution is 2.28. The number of ether oxygens (including phenoxy) is 6. The van der Waals surface area contributed by atoms with Gasteiger partial charge in [0.2, 0.25) is 0 Å². The van der Waals surface area contributed by atoms with Gasteiger partial charge in [0.15, 0.2) is 11.5 Å². The van der Waals surface area contributed by atoms with Crippen LogP contribution in [-0.2, 0) is 23.7 Å². The number of benzene rings is 2. The maximum absolute atomic E-state index is 12.8. The number of fused-ring (bicyclic) bond motifs is 1. The monoisotopic (exact) mass is 588 g/mol. The number of carbonyl (C=O) groups excluding carboxylic acids is 2. The number of unbranched alkanes of at least 4 members (excludes halogenated alkanes) is 1. The van der Waals surface area contributed by atoms with Crippen LogP contribution in [0.3, 0.4) is 0 Å². The van der Waals surface area contributed by atoms with Gasteiger partial charge in [0.1, 0.15) is 19.3 Å². The van der Waals surface area contributed by atoms with E-state index in [-0.39, 0.29) is 18.9 Å². The van der Waals surface area contributed by atoms with Crippen molar-refractivity contribution in [1.82, 2.24) is 10.6 Å². The van der Waals surface area contributed by atoms with Crippen LogP contribution in [0.15, 0.2) is 48.5 Å². The zero-order valence-corrected chi connectivity index (χ0v) is 23.7. The highest BCUT2D eigenvalue weighted by molar-refractivity contribution is 5.96. The van der Waals surface area contributed by atoms with E-state index in [0.29, 0.717) is 101 Å². The molecule has 1 atom stereocenters. The molecule has 0 radical (unpaired) electrons. The van der Waals surface area contributed by atoms with Crippen LogP contribution in [0, 0.1) is 0 Å². The lowest BCUT2D eigenvalue weighted by Crippen LogP contribution is -2.40. The normalized spacial score (nSPS) is 16.3. The molecule has 0 spiro atoms. The maximum Gasteiger partial charge on any atom is 0.326 e. The number of hydrogen-bond acceptors (Lipinski definition) is 9. The molecule has 1 aliphatic rings. The van der Waals surface area contributed by atoms with E-state index in [0.717, 1.165) is 0 Å². The molecule has 12 nitrogen and oxygen atoms in total. The second-order valence-electron chi connectivity index (χ2n) is 9.29. The molecule has 3 N–H and O–H groups in total. The Balaban J connectivity index is 1.46. The van der Waals surface area contributed by atoms with E-state index >= 15 is 0 Å². The number of rotatable bonds is 9. The van der Waals surface area contributed by atoms with Crippen molar-refractivity contribution in [3.8, 4) is 11.5 Å². The lowest BCUT2D eigenvalue weighted by Gasteiger charge is -2.16. The molecule has 0 aliphatic carbocycles. The lowest BCUT2D eigenvalue weighted by molar-refractivity contribution is -0.139. The number of carboxylic acid groups (broad SMARTS) is 1. The van der Waals surface area contributed by atoms with Crippen LogP contribution in [0.1, 0.15) is 40.0 Å². The van der Waals surface area contributed by atoms with Gasteiger partial charge in [0.05, 0.1) is 52.9 Å². The minimum atomic E-state index is -1.10. The quantitative estimate of drug-likeness (QED) is 0.372. The molecule has 3 rings (SSSR count).